The smallest absolute Gasteiger partial charge is 0.00980 e. The van der Waals surface area contributed by atoms with Crippen LogP contribution in [0, 0.1) is 11.8 Å². The van der Waals surface area contributed by atoms with E-state index in [1.807, 2.05) is 11.3 Å². The maximum atomic E-state index is 3.91. The molecule has 0 spiro atoms. The first-order valence-corrected chi connectivity index (χ1v) is 9.62. The van der Waals surface area contributed by atoms with Gasteiger partial charge in [-0.2, -0.15) is 11.3 Å². The minimum atomic E-state index is 0.811. The highest BCUT2D eigenvalue weighted by molar-refractivity contribution is 7.07. The van der Waals surface area contributed by atoms with Crippen molar-refractivity contribution in [3.05, 3.63) is 22.4 Å². The third-order valence-corrected chi connectivity index (χ3v) is 6.21. The van der Waals surface area contributed by atoms with Crippen LogP contribution in [0.25, 0.3) is 0 Å². The Balaban J connectivity index is 1.49. The Labute approximate surface area is 128 Å². The lowest BCUT2D eigenvalue weighted by atomic mass is 9.71. The molecule has 2 aliphatic carbocycles. The number of hydrogen-bond acceptors (Lipinski definition) is 2. The summed E-state index contributed by atoms with van der Waals surface area (Å²) in [5.74, 6) is 2.01. The second-order valence-corrected chi connectivity index (χ2v) is 7.57. The van der Waals surface area contributed by atoms with Gasteiger partial charge in [0.25, 0.3) is 0 Å². The fourth-order valence-corrected chi connectivity index (χ4v) is 5.08. The van der Waals surface area contributed by atoms with Crippen LogP contribution < -0.4 is 5.32 Å². The Morgan fingerprint density at radius 1 is 1.00 bits per heavy atom. The van der Waals surface area contributed by atoms with Crippen LogP contribution in [0.15, 0.2) is 16.8 Å². The molecule has 1 N–H and O–H groups in total. The first kappa shape index (κ1) is 14.6. The molecule has 0 aliphatic heterocycles. The lowest BCUT2D eigenvalue weighted by molar-refractivity contribution is 0.150. The molecule has 2 fully saturated rings. The molecule has 1 aromatic heterocycles. The molecule has 1 nitrogen and oxygen atoms in total. The largest absolute Gasteiger partial charge is 0.313 e. The molecule has 1 heterocycles. The molecule has 20 heavy (non-hydrogen) atoms. The Kier molecular flexibility index (Phi) is 5.55. The van der Waals surface area contributed by atoms with Crippen molar-refractivity contribution in [2.45, 2.75) is 70.3 Å². The molecule has 0 amide bonds. The summed E-state index contributed by atoms with van der Waals surface area (Å²) in [6.07, 6.45) is 14.5. The van der Waals surface area contributed by atoms with Crippen molar-refractivity contribution in [1.82, 2.24) is 5.32 Å². The van der Waals surface area contributed by atoms with Crippen LogP contribution in [-0.2, 0) is 6.42 Å². The SMILES string of the molecule is c1cc(CCNC2CCCCC2C2CCCCC2)cs1. The second kappa shape index (κ2) is 7.61. The average molecular weight is 292 g/mol. The molecule has 2 heteroatoms. The number of hydrogen-bond donors (Lipinski definition) is 1. The molecule has 0 radical (unpaired) electrons. The van der Waals surface area contributed by atoms with E-state index in [-0.39, 0.29) is 0 Å². The van der Waals surface area contributed by atoms with Crippen molar-refractivity contribution in [2.24, 2.45) is 11.8 Å². The molecule has 2 aliphatic rings. The van der Waals surface area contributed by atoms with Crippen molar-refractivity contribution in [2.75, 3.05) is 6.54 Å². The zero-order valence-electron chi connectivity index (χ0n) is 12.7. The normalized spacial score (nSPS) is 28.6. The topological polar surface area (TPSA) is 12.0 Å². The maximum Gasteiger partial charge on any atom is 0.00980 e. The van der Waals surface area contributed by atoms with E-state index in [1.165, 1.54) is 76.3 Å². The van der Waals surface area contributed by atoms with E-state index in [2.05, 4.69) is 22.1 Å². The highest BCUT2D eigenvalue weighted by atomic mass is 32.1. The molecular formula is C18H29NS. The molecule has 1 aromatic rings. The standard InChI is InChI=1S/C18H29NS/c1-2-6-16(7-3-1)17-8-4-5-9-18(17)19-12-10-15-11-13-20-14-15/h11,13-14,16-19H,1-10,12H2. The number of rotatable bonds is 5. The van der Waals surface area contributed by atoms with Crippen LogP contribution in [0.1, 0.15) is 63.4 Å². The quantitative estimate of drug-likeness (QED) is 0.803. The fourth-order valence-electron chi connectivity index (χ4n) is 4.38. The van der Waals surface area contributed by atoms with E-state index in [0.717, 1.165) is 17.9 Å². The van der Waals surface area contributed by atoms with Gasteiger partial charge in [0.2, 0.25) is 0 Å². The van der Waals surface area contributed by atoms with Crippen molar-refractivity contribution < 1.29 is 0 Å². The Morgan fingerprint density at radius 3 is 2.60 bits per heavy atom. The summed E-state index contributed by atoms with van der Waals surface area (Å²) in [6.45, 7) is 1.17. The molecule has 0 saturated heterocycles. The van der Waals surface area contributed by atoms with Crippen molar-refractivity contribution >= 4 is 11.3 Å². The van der Waals surface area contributed by atoms with Crippen molar-refractivity contribution in [1.29, 1.82) is 0 Å². The van der Waals surface area contributed by atoms with E-state index in [9.17, 15) is 0 Å². The Bertz CT molecular complexity index is 367. The monoisotopic (exact) mass is 291 g/mol. The number of thiophene rings is 1. The van der Waals surface area contributed by atoms with Crippen LogP contribution in [0.2, 0.25) is 0 Å². The fraction of sp³-hybridized carbons (Fsp3) is 0.778. The third-order valence-electron chi connectivity index (χ3n) is 5.48. The van der Waals surface area contributed by atoms with Gasteiger partial charge in [0, 0.05) is 6.04 Å². The van der Waals surface area contributed by atoms with Gasteiger partial charge in [-0.25, -0.2) is 0 Å². The van der Waals surface area contributed by atoms with Gasteiger partial charge in [-0.3, -0.25) is 0 Å². The van der Waals surface area contributed by atoms with E-state index in [0.29, 0.717) is 0 Å². The summed E-state index contributed by atoms with van der Waals surface area (Å²) in [4.78, 5) is 0. The lowest BCUT2D eigenvalue weighted by Crippen LogP contribution is -2.43. The predicted octanol–water partition coefficient (Wildman–Crippen LogP) is 5.02. The van der Waals surface area contributed by atoms with Crippen LogP contribution in [0.5, 0.6) is 0 Å². The zero-order chi connectivity index (χ0) is 13.6. The van der Waals surface area contributed by atoms with Crippen LogP contribution in [0.3, 0.4) is 0 Å². The lowest BCUT2D eigenvalue weighted by Gasteiger charge is -2.39. The molecule has 2 saturated carbocycles. The van der Waals surface area contributed by atoms with Gasteiger partial charge >= 0.3 is 0 Å². The first-order chi connectivity index (χ1) is 9.93. The predicted molar refractivity (Wildman–Crippen MR) is 88.3 cm³/mol. The maximum absolute atomic E-state index is 3.91. The Hall–Kier alpha value is -0.340. The average Bonchev–Trinajstić information content (AvgIpc) is 3.02. The highest BCUT2D eigenvalue weighted by Crippen LogP contribution is 2.38. The third kappa shape index (κ3) is 3.85. The van der Waals surface area contributed by atoms with E-state index in [4.69, 9.17) is 0 Å². The van der Waals surface area contributed by atoms with Gasteiger partial charge in [0.05, 0.1) is 0 Å². The van der Waals surface area contributed by atoms with Gasteiger partial charge < -0.3 is 5.32 Å². The van der Waals surface area contributed by atoms with E-state index < -0.39 is 0 Å². The molecule has 0 aromatic carbocycles. The van der Waals surface area contributed by atoms with Crippen LogP contribution >= 0.6 is 11.3 Å². The first-order valence-electron chi connectivity index (χ1n) is 8.68. The minimum absolute atomic E-state index is 0.811. The van der Waals surface area contributed by atoms with Crippen molar-refractivity contribution in [3.63, 3.8) is 0 Å². The van der Waals surface area contributed by atoms with E-state index in [1.54, 1.807) is 0 Å². The molecule has 0 bridgehead atoms. The summed E-state index contributed by atoms with van der Waals surface area (Å²) >= 11 is 1.82. The van der Waals surface area contributed by atoms with Crippen molar-refractivity contribution in [3.8, 4) is 0 Å². The van der Waals surface area contributed by atoms with Gasteiger partial charge in [-0.15, -0.1) is 0 Å². The summed E-state index contributed by atoms with van der Waals surface area (Å²) in [5.41, 5.74) is 1.51. The molecule has 2 atom stereocenters. The number of nitrogens with one attached hydrogen (secondary N) is 1. The van der Waals surface area contributed by atoms with Gasteiger partial charge in [0.1, 0.15) is 0 Å². The van der Waals surface area contributed by atoms with Gasteiger partial charge in [-0.1, -0.05) is 44.9 Å². The zero-order valence-corrected chi connectivity index (χ0v) is 13.5. The second-order valence-electron chi connectivity index (χ2n) is 6.79. The summed E-state index contributed by atoms with van der Waals surface area (Å²) in [6, 6.07) is 3.08. The molecule has 3 rings (SSSR count). The highest BCUT2D eigenvalue weighted by Gasteiger charge is 2.31. The Morgan fingerprint density at radius 2 is 1.80 bits per heavy atom. The molecular weight excluding hydrogens is 262 g/mol. The summed E-state index contributed by atoms with van der Waals surface area (Å²) in [5, 5.41) is 8.40. The van der Waals surface area contributed by atoms with E-state index >= 15 is 0 Å². The summed E-state index contributed by atoms with van der Waals surface area (Å²) in [7, 11) is 0. The van der Waals surface area contributed by atoms with Crippen LogP contribution in [-0.4, -0.2) is 12.6 Å². The molecule has 112 valence electrons. The summed E-state index contributed by atoms with van der Waals surface area (Å²) < 4.78 is 0. The minimum Gasteiger partial charge on any atom is -0.313 e. The van der Waals surface area contributed by atoms with Gasteiger partial charge in [-0.05, 0) is 60.0 Å². The van der Waals surface area contributed by atoms with Gasteiger partial charge in [0.15, 0.2) is 0 Å². The molecule has 2 unspecified atom stereocenters. The van der Waals surface area contributed by atoms with Crippen LogP contribution in [0.4, 0.5) is 0 Å².